The Morgan fingerprint density at radius 1 is 0.909 bits per heavy atom. The van der Waals surface area contributed by atoms with E-state index < -0.39 is 10.3 Å². The summed E-state index contributed by atoms with van der Waals surface area (Å²) in [6, 6.07) is 4.70. The van der Waals surface area contributed by atoms with Crippen LogP contribution >= 0.6 is 0 Å². The van der Waals surface area contributed by atoms with Crippen LogP contribution in [0.1, 0.15) is 63.9 Å². The second kappa shape index (κ2) is 16.0. The largest absolute Gasteiger partial charge is 0.502 e. The minimum absolute atomic E-state index is 0.268. The fourth-order valence-electron chi connectivity index (χ4n) is 4.21. The smallest absolute Gasteiger partial charge is 0.310 e. The lowest BCUT2D eigenvalue weighted by Crippen LogP contribution is -2.36. The molecule has 1 saturated heterocycles. The van der Waals surface area contributed by atoms with Crippen molar-refractivity contribution in [2.75, 3.05) is 52.9 Å². The Kier molecular flexibility index (Phi) is 13.3. The van der Waals surface area contributed by atoms with Gasteiger partial charge >= 0.3 is 5.69 Å². The quantitative estimate of drug-likeness (QED) is 0.292. The molecule has 0 aliphatic carbocycles. The van der Waals surface area contributed by atoms with E-state index in [1.54, 1.807) is 12.1 Å². The highest BCUT2D eigenvalue weighted by Gasteiger charge is 2.33. The molecule has 8 heteroatoms. The first-order chi connectivity index (χ1) is 16.1. The van der Waals surface area contributed by atoms with Crippen molar-refractivity contribution in [2.45, 2.75) is 64.7 Å². The van der Waals surface area contributed by atoms with E-state index in [1.165, 1.54) is 31.7 Å². The van der Waals surface area contributed by atoms with E-state index in [2.05, 4.69) is 6.92 Å². The van der Waals surface area contributed by atoms with Crippen molar-refractivity contribution in [3.05, 3.63) is 33.9 Å². The SMILES string of the molecule is CCCCCCCCC1(Cc2cccc([N+](=O)[O-])c2O)COCCOCCCOCCOC1. The highest BCUT2D eigenvalue weighted by molar-refractivity contribution is 5.50. The summed E-state index contributed by atoms with van der Waals surface area (Å²) in [6.07, 6.45) is 9.15. The Hall–Kier alpha value is -1.74. The average molecular weight is 468 g/mol. The van der Waals surface area contributed by atoms with E-state index in [9.17, 15) is 15.2 Å². The summed E-state index contributed by atoms with van der Waals surface area (Å²) < 4.78 is 23.3. The minimum atomic E-state index is -0.547. The molecule has 33 heavy (non-hydrogen) atoms. The second-order valence-electron chi connectivity index (χ2n) is 8.92. The zero-order valence-corrected chi connectivity index (χ0v) is 20.1. The fraction of sp³-hybridized carbons (Fsp3) is 0.760. The number of nitro groups is 1. The maximum atomic E-state index is 11.3. The van der Waals surface area contributed by atoms with Crippen molar-refractivity contribution in [2.24, 2.45) is 5.41 Å². The number of hydrogen-bond donors (Lipinski definition) is 1. The minimum Gasteiger partial charge on any atom is -0.502 e. The molecule has 1 aliphatic rings. The summed E-state index contributed by atoms with van der Waals surface area (Å²) in [5, 5.41) is 21.9. The van der Waals surface area contributed by atoms with E-state index in [0.717, 1.165) is 25.7 Å². The molecule has 0 amide bonds. The summed E-state index contributed by atoms with van der Waals surface area (Å²) in [7, 11) is 0. The molecule has 0 aromatic heterocycles. The molecule has 2 rings (SSSR count). The first-order valence-corrected chi connectivity index (χ1v) is 12.3. The standard InChI is InChI=1S/C25H41NO7/c1-2-3-4-5-6-7-12-25(19-22-10-8-11-23(24(22)27)26(28)29)20-32-17-15-30-13-9-14-31-16-18-33-21-25/h8,10-11,27H,2-7,9,12-21H2,1H3. The first kappa shape index (κ1) is 27.5. The van der Waals surface area contributed by atoms with Gasteiger partial charge in [-0.05, 0) is 19.3 Å². The van der Waals surface area contributed by atoms with Crippen molar-refractivity contribution >= 4 is 5.69 Å². The molecular formula is C25H41NO7. The van der Waals surface area contributed by atoms with Gasteiger partial charge in [0.25, 0.3) is 0 Å². The third-order valence-electron chi connectivity index (χ3n) is 6.06. The second-order valence-corrected chi connectivity index (χ2v) is 8.92. The Morgan fingerprint density at radius 3 is 2.15 bits per heavy atom. The highest BCUT2D eigenvalue weighted by atomic mass is 16.6. The lowest BCUT2D eigenvalue weighted by atomic mass is 9.78. The highest BCUT2D eigenvalue weighted by Crippen LogP contribution is 2.37. The van der Waals surface area contributed by atoms with Crippen LogP contribution < -0.4 is 0 Å². The number of nitro benzene ring substituents is 1. The van der Waals surface area contributed by atoms with Crippen molar-refractivity contribution < 1.29 is 29.0 Å². The van der Waals surface area contributed by atoms with E-state index in [1.807, 2.05) is 0 Å². The Labute approximate surface area is 197 Å². The zero-order chi connectivity index (χ0) is 23.8. The molecule has 8 nitrogen and oxygen atoms in total. The van der Waals surface area contributed by atoms with Crippen LogP contribution in [0.3, 0.4) is 0 Å². The van der Waals surface area contributed by atoms with E-state index >= 15 is 0 Å². The van der Waals surface area contributed by atoms with Gasteiger partial charge < -0.3 is 24.1 Å². The van der Waals surface area contributed by atoms with Gasteiger partial charge in [-0.3, -0.25) is 10.1 Å². The molecule has 1 N–H and O–H groups in total. The number of hydrogen-bond acceptors (Lipinski definition) is 7. The predicted octanol–water partition coefficient (Wildman–Crippen LogP) is 5.05. The van der Waals surface area contributed by atoms with Crippen molar-refractivity contribution in [1.29, 1.82) is 0 Å². The number of benzene rings is 1. The van der Waals surface area contributed by atoms with E-state index in [-0.39, 0.29) is 11.4 Å². The van der Waals surface area contributed by atoms with Gasteiger partial charge in [0.1, 0.15) is 0 Å². The number of nitrogens with zero attached hydrogens (tertiary/aromatic N) is 1. The molecule has 1 aromatic carbocycles. The zero-order valence-electron chi connectivity index (χ0n) is 20.1. The average Bonchev–Trinajstić information content (AvgIpc) is 2.80. The molecule has 0 radical (unpaired) electrons. The van der Waals surface area contributed by atoms with Crippen LogP contribution in [-0.4, -0.2) is 62.9 Å². The lowest BCUT2D eigenvalue weighted by Gasteiger charge is -2.34. The molecule has 1 aromatic rings. The van der Waals surface area contributed by atoms with Gasteiger partial charge in [-0.2, -0.15) is 0 Å². The molecule has 1 aliphatic heterocycles. The molecule has 0 spiro atoms. The summed E-state index contributed by atoms with van der Waals surface area (Å²) in [6.45, 7) is 6.32. The Balaban J connectivity index is 2.16. The first-order valence-electron chi connectivity index (χ1n) is 12.3. The Morgan fingerprint density at radius 2 is 1.52 bits per heavy atom. The molecule has 188 valence electrons. The number of phenolic OH excluding ortho intramolecular Hbond substituents is 1. The maximum Gasteiger partial charge on any atom is 0.310 e. The number of phenols is 1. The van der Waals surface area contributed by atoms with Gasteiger partial charge in [-0.1, -0.05) is 57.6 Å². The summed E-state index contributed by atoms with van der Waals surface area (Å²) in [5.41, 5.74) is -0.121. The summed E-state index contributed by atoms with van der Waals surface area (Å²) in [4.78, 5) is 10.8. The normalized spacial score (nSPS) is 18.5. The van der Waals surface area contributed by atoms with Gasteiger partial charge in [-0.15, -0.1) is 0 Å². The van der Waals surface area contributed by atoms with Crippen LogP contribution in [0.4, 0.5) is 5.69 Å². The molecule has 0 atom stereocenters. The molecular weight excluding hydrogens is 426 g/mol. The third kappa shape index (κ3) is 10.4. The fourth-order valence-corrected chi connectivity index (χ4v) is 4.21. The van der Waals surface area contributed by atoms with Crippen LogP contribution in [0.25, 0.3) is 0 Å². The summed E-state index contributed by atoms with van der Waals surface area (Å²) in [5.74, 6) is -0.268. The van der Waals surface area contributed by atoms with Crippen LogP contribution in [0.5, 0.6) is 5.75 Å². The van der Waals surface area contributed by atoms with Gasteiger partial charge in [0, 0.05) is 30.3 Å². The van der Waals surface area contributed by atoms with Crippen molar-refractivity contribution in [1.82, 2.24) is 0 Å². The van der Waals surface area contributed by atoms with Gasteiger partial charge in [0.2, 0.25) is 0 Å². The van der Waals surface area contributed by atoms with Crippen molar-refractivity contribution in [3.8, 4) is 5.75 Å². The van der Waals surface area contributed by atoms with Crippen LogP contribution in [0.2, 0.25) is 0 Å². The topological polar surface area (TPSA) is 100 Å². The number of para-hydroxylation sites is 1. The van der Waals surface area contributed by atoms with E-state index in [4.69, 9.17) is 18.9 Å². The van der Waals surface area contributed by atoms with Crippen LogP contribution in [-0.2, 0) is 25.4 Å². The maximum absolute atomic E-state index is 11.3. The number of aromatic hydroxyl groups is 1. The molecule has 0 unspecified atom stereocenters. The molecule has 1 fully saturated rings. The third-order valence-corrected chi connectivity index (χ3v) is 6.06. The van der Waals surface area contributed by atoms with E-state index in [0.29, 0.717) is 64.8 Å². The van der Waals surface area contributed by atoms with Gasteiger partial charge in [0.15, 0.2) is 5.75 Å². The summed E-state index contributed by atoms with van der Waals surface area (Å²) >= 11 is 0. The van der Waals surface area contributed by atoms with Gasteiger partial charge in [-0.25, -0.2) is 0 Å². The number of ether oxygens (including phenoxy) is 4. The van der Waals surface area contributed by atoms with Gasteiger partial charge in [0.05, 0.1) is 44.6 Å². The monoisotopic (exact) mass is 467 g/mol. The predicted molar refractivity (Wildman–Crippen MR) is 127 cm³/mol. The number of rotatable bonds is 10. The molecule has 1 heterocycles. The van der Waals surface area contributed by atoms with Crippen LogP contribution in [0, 0.1) is 15.5 Å². The van der Waals surface area contributed by atoms with Crippen molar-refractivity contribution in [3.63, 3.8) is 0 Å². The lowest BCUT2D eigenvalue weighted by molar-refractivity contribution is -0.385. The van der Waals surface area contributed by atoms with Crippen LogP contribution in [0.15, 0.2) is 18.2 Å². The molecule has 0 bridgehead atoms. The number of unbranched alkanes of at least 4 members (excludes halogenated alkanes) is 5. The molecule has 0 saturated carbocycles. The Bertz CT molecular complexity index is 669.